The normalized spacial score (nSPS) is 11.4. The highest BCUT2D eigenvalue weighted by Crippen LogP contribution is 2.32. The first-order valence-corrected chi connectivity index (χ1v) is 7.13. The number of hydrogen-bond donors (Lipinski definition) is 1. The van der Waals surface area contributed by atoms with Crippen LogP contribution in [0.15, 0.2) is 54.6 Å². The van der Waals surface area contributed by atoms with Gasteiger partial charge in [-0.25, -0.2) is 0 Å². The summed E-state index contributed by atoms with van der Waals surface area (Å²) in [5.74, 6) is 0.542. The second-order valence-electron chi connectivity index (χ2n) is 4.49. The van der Waals surface area contributed by atoms with E-state index in [9.17, 15) is 13.2 Å². The predicted molar refractivity (Wildman–Crippen MR) is 80.1 cm³/mol. The van der Waals surface area contributed by atoms with Crippen LogP contribution in [0, 0.1) is 0 Å². The summed E-state index contributed by atoms with van der Waals surface area (Å²) >= 11 is 1.10. The van der Waals surface area contributed by atoms with Crippen molar-refractivity contribution in [1.29, 1.82) is 0 Å². The lowest BCUT2D eigenvalue weighted by Gasteiger charge is -2.08. The minimum absolute atomic E-state index is 0.325. The zero-order chi connectivity index (χ0) is 15.6. The smallest absolute Gasteiger partial charge is 0.330 e. The Hall–Kier alpha value is -2.41. The Morgan fingerprint density at radius 2 is 1.73 bits per heavy atom. The van der Waals surface area contributed by atoms with Gasteiger partial charge >= 0.3 is 6.18 Å². The van der Waals surface area contributed by atoms with Crippen LogP contribution in [0.1, 0.15) is 5.56 Å². The Balaban J connectivity index is 1.81. The molecule has 112 valence electrons. The molecule has 7 heteroatoms. The summed E-state index contributed by atoms with van der Waals surface area (Å²) in [4.78, 5) is 4.28. The number of alkyl halides is 3. The number of benzene rings is 2. The van der Waals surface area contributed by atoms with Gasteiger partial charge in [0.2, 0.25) is 5.13 Å². The van der Waals surface area contributed by atoms with E-state index in [4.69, 9.17) is 0 Å². The zero-order valence-corrected chi connectivity index (χ0v) is 11.9. The summed E-state index contributed by atoms with van der Waals surface area (Å²) in [5.41, 5.74) is 0.478. The molecule has 0 radical (unpaired) electrons. The quantitative estimate of drug-likeness (QED) is 0.740. The third kappa shape index (κ3) is 3.25. The minimum atomic E-state index is -4.37. The van der Waals surface area contributed by atoms with Crippen molar-refractivity contribution in [3.8, 4) is 11.4 Å². The van der Waals surface area contributed by atoms with Crippen LogP contribution >= 0.6 is 11.5 Å². The monoisotopic (exact) mass is 321 g/mol. The van der Waals surface area contributed by atoms with Gasteiger partial charge in [0.1, 0.15) is 0 Å². The summed E-state index contributed by atoms with van der Waals surface area (Å²) in [6.07, 6.45) is -4.37. The van der Waals surface area contributed by atoms with Gasteiger partial charge in [-0.15, -0.1) is 0 Å². The highest BCUT2D eigenvalue weighted by Gasteiger charge is 2.30. The van der Waals surface area contributed by atoms with Crippen LogP contribution in [0.3, 0.4) is 0 Å². The number of hydrogen-bond acceptors (Lipinski definition) is 4. The summed E-state index contributed by atoms with van der Waals surface area (Å²) in [7, 11) is 0. The molecular weight excluding hydrogens is 311 g/mol. The van der Waals surface area contributed by atoms with Crippen LogP contribution in [0.4, 0.5) is 24.0 Å². The second-order valence-corrected chi connectivity index (χ2v) is 5.24. The molecule has 3 rings (SSSR count). The third-order valence-electron chi connectivity index (χ3n) is 2.90. The van der Waals surface area contributed by atoms with Crippen molar-refractivity contribution in [1.82, 2.24) is 9.36 Å². The molecule has 0 spiro atoms. The van der Waals surface area contributed by atoms with Gasteiger partial charge in [0.15, 0.2) is 5.82 Å². The molecule has 1 heterocycles. The molecule has 3 aromatic rings. The fourth-order valence-corrected chi connectivity index (χ4v) is 2.49. The van der Waals surface area contributed by atoms with Gasteiger partial charge in [0.05, 0.1) is 5.56 Å². The van der Waals surface area contributed by atoms with Crippen LogP contribution in [0.25, 0.3) is 11.4 Å². The molecule has 0 unspecified atom stereocenters. The molecule has 0 bridgehead atoms. The summed E-state index contributed by atoms with van der Waals surface area (Å²) in [5, 5.41) is 3.29. The number of rotatable bonds is 3. The molecule has 0 saturated carbocycles. The summed E-state index contributed by atoms with van der Waals surface area (Å²) < 4.78 is 42.2. The van der Waals surface area contributed by atoms with E-state index >= 15 is 0 Å². The fraction of sp³-hybridized carbons (Fsp3) is 0.0667. The molecular formula is C15H10F3N3S. The Kier molecular flexibility index (Phi) is 3.81. The summed E-state index contributed by atoms with van der Waals surface area (Å²) in [6, 6.07) is 14.4. The van der Waals surface area contributed by atoms with Crippen molar-refractivity contribution in [2.75, 3.05) is 5.32 Å². The van der Waals surface area contributed by atoms with Gasteiger partial charge < -0.3 is 5.32 Å². The molecule has 3 nitrogen and oxygen atoms in total. The second kappa shape index (κ2) is 5.76. The third-order valence-corrected chi connectivity index (χ3v) is 3.53. The Labute approximate surface area is 128 Å². The first-order valence-electron chi connectivity index (χ1n) is 6.36. The molecule has 0 aliphatic rings. The molecule has 0 fully saturated rings. The van der Waals surface area contributed by atoms with Crippen LogP contribution < -0.4 is 5.32 Å². The minimum Gasteiger partial charge on any atom is -0.330 e. The van der Waals surface area contributed by atoms with Gasteiger partial charge in [-0.2, -0.15) is 22.5 Å². The van der Waals surface area contributed by atoms with E-state index in [1.807, 2.05) is 30.3 Å². The highest BCUT2D eigenvalue weighted by molar-refractivity contribution is 7.09. The maximum Gasteiger partial charge on any atom is 0.416 e. The molecule has 0 saturated heterocycles. The topological polar surface area (TPSA) is 37.8 Å². The van der Waals surface area contributed by atoms with Crippen molar-refractivity contribution >= 4 is 22.4 Å². The predicted octanol–water partition coefficient (Wildman–Crippen LogP) is 4.97. The maximum absolute atomic E-state index is 12.7. The lowest BCUT2D eigenvalue weighted by Crippen LogP contribution is -2.05. The standard InChI is InChI=1S/C15H10F3N3S/c16-15(17,18)11-7-4-8-12(9-11)19-14-20-13(21-22-14)10-5-2-1-3-6-10/h1-9H,(H,19,20,21). The molecule has 0 amide bonds. The first kappa shape index (κ1) is 14.5. The highest BCUT2D eigenvalue weighted by atomic mass is 32.1. The van der Waals surface area contributed by atoms with E-state index in [1.54, 1.807) is 6.07 Å². The van der Waals surface area contributed by atoms with E-state index in [-0.39, 0.29) is 0 Å². The molecule has 1 N–H and O–H groups in total. The van der Waals surface area contributed by atoms with Crippen LogP contribution in [-0.4, -0.2) is 9.36 Å². The number of anilines is 2. The van der Waals surface area contributed by atoms with E-state index in [2.05, 4.69) is 14.7 Å². The van der Waals surface area contributed by atoms with Gasteiger partial charge in [0.25, 0.3) is 0 Å². The van der Waals surface area contributed by atoms with E-state index in [0.29, 0.717) is 16.6 Å². The Morgan fingerprint density at radius 3 is 2.45 bits per heavy atom. The molecule has 22 heavy (non-hydrogen) atoms. The van der Waals surface area contributed by atoms with Crippen LogP contribution in [0.5, 0.6) is 0 Å². The lowest BCUT2D eigenvalue weighted by atomic mass is 10.2. The largest absolute Gasteiger partial charge is 0.416 e. The Morgan fingerprint density at radius 1 is 0.955 bits per heavy atom. The zero-order valence-electron chi connectivity index (χ0n) is 11.1. The number of nitrogens with one attached hydrogen (secondary N) is 1. The first-order chi connectivity index (χ1) is 10.5. The van der Waals surface area contributed by atoms with Crippen LogP contribution in [0.2, 0.25) is 0 Å². The maximum atomic E-state index is 12.7. The van der Waals surface area contributed by atoms with E-state index < -0.39 is 11.7 Å². The van der Waals surface area contributed by atoms with E-state index in [1.165, 1.54) is 6.07 Å². The molecule has 0 atom stereocenters. The van der Waals surface area contributed by atoms with Gasteiger partial charge in [0, 0.05) is 22.8 Å². The van der Waals surface area contributed by atoms with Crippen LogP contribution in [-0.2, 0) is 6.18 Å². The van der Waals surface area contributed by atoms with Crippen molar-refractivity contribution in [2.24, 2.45) is 0 Å². The van der Waals surface area contributed by atoms with Crippen molar-refractivity contribution in [3.05, 3.63) is 60.2 Å². The number of aromatic nitrogens is 2. The molecule has 0 aliphatic carbocycles. The van der Waals surface area contributed by atoms with Crippen molar-refractivity contribution in [2.45, 2.75) is 6.18 Å². The number of nitrogens with zero attached hydrogens (tertiary/aromatic N) is 2. The fourth-order valence-electron chi connectivity index (χ4n) is 1.88. The van der Waals surface area contributed by atoms with Crippen molar-refractivity contribution < 1.29 is 13.2 Å². The van der Waals surface area contributed by atoms with Gasteiger partial charge in [-0.1, -0.05) is 36.4 Å². The average Bonchev–Trinajstić information content (AvgIpc) is 2.96. The number of halogens is 3. The summed E-state index contributed by atoms with van der Waals surface area (Å²) in [6.45, 7) is 0. The molecule has 1 aromatic heterocycles. The van der Waals surface area contributed by atoms with E-state index in [0.717, 1.165) is 29.2 Å². The van der Waals surface area contributed by atoms with Gasteiger partial charge in [-0.05, 0) is 18.2 Å². The van der Waals surface area contributed by atoms with Gasteiger partial charge in [-0.3, -0.25) is 0 Å². The van der Waals surface area contributed by atoms with Crippen molar-refractivity contribution in [3.63, 3.8) is 0 Å². The lowest BCUT2D eigenvalue weighted by molar-refractivity contribution is -0.137. The average molecular weight is 321 g/mol. The molecule has 0 aliphatic heterocycles. The Bertz CT molecular complexity index is 769. The molecule has 2 aromatic carbocycles. The SMILES string of the molecule is FC(F)(F)c1cccc(Nc2nc(-c3ccccc3)ns2)c1.